The first kappa shape index (κ1) is 18.6. The number of carbonyl (C=O) groups excluding carboxylic acids is 2. The minimum atomic E-state index is -1.27. The molecule has 0 aliphatic carbocycles. The number of hydrogen-bond donors (Lipinski definition) is 4. The fourth-order valence-electron chi connectivity index (χ4n) is 2.44. The van der Waals surface area contributed by atoms with E-state index in [0.29, 0.717) is 4.24 Å². The van der Waals surface area contributed by atoms with Crippen LogP contribution in [0, 0.1) is 5.92 Å². The van der Waals surface area contributed by atoms with Crippen LogP contribution in [0.5, 0.6) is 0 Å². The van der Waals surface area contributed by atoms with Crippen molar-refractivity contribution in [2.75, 3.05) is 12.4 Å². The highest BCUT2D eigenvalue weighted by molar-refractivity contribution is 8.22. The fraction of sp³-hybridized carbons (Fsp3) is 0.538. The van der Waals surface area contributed by atoms with E-state index in [0.717, 1.165) is 11.8 Å². The number of β-lactam (4-membered cyclic amide) rings is 1. The Morgan fingerprint density at radius 1 is 1.38 bits per heavy atom. The van der Waals surface area contributed by atoms with Crippen LogP contribution in [0.4, 0.5) is 0 Å². The smallest absolute Gasteiger partial charge is 0.354 e. The van der Waals surface area contributed by atoms with E-state index in [1.165, 1.54) is 23.6 Å². The van der Waals surface area contributed by atoms with E-state index >= 15 is 0 Å². The number of carboxylic acids is 2. The highest BCUT2D eigenvalue weighted by Gasteiger charge is 2.55. The van der Waals surface area contributed by atoms with Crippen LogP contribution in [0.15, 0.2) is 9.93 Å². The number of aliphatic hydroxyl groups is 1. The number of thioether (sulfide) groups is 2. The largest absolute Gasteiger partial charge is 0.480 e. The maximum Gasteiger partial charge on any atom is 0.354 e. The van der Waals surface area contributed by atoms with E-state index in [4.69, 9.17) is 10.2 Å². The van der Waals surface area contributed by atoms with E-state index in [1.807, 2.05) is 0 Å². The zero-order valence-electron chi connectivity index (χ0n) is 12.6. The van der Waals surface area contributed by atoms with Crippen molar-refractivity contribution < 1.29 is 34.5 Å². The van der Waals surface area contributed by atoms with Gasteiger partial charge in [0.15, 0.2) is 5.70 Å². The molecule has 2 aliphatic rings. The maximum absolute atomic E-state index is 12.0. The summed E-state index contributed by atoms with van der Waals surface area (Å²) in [7, 11) is 0. The molecule has 4 N–H and O–H groups in total. The van der Waals surface area contributed by atoms with Crippen LogP contribution in [0.25, 0.3) is 0 Å². The van der Waals surface area contributed by atoms with Gasteiger partial charge in [-0.2, -0.15) is 0 Å². The van der Waals surface area contributed by atoms with Crippen molar-refractivity contribution in [1.82, 2.24) is 10.2 Å². The summed E-state index contributed by atoms with van der Waals surface area (Å²) < 4.78 is 0.331. The molecule has 9 nitrogen and oxygen atoms in total. The van der Waals surface area contributed by atoms with Gasteiger partial charge in [0.25, 0.3) is 0 Å². The summed E-state index contributed by atoms with van der Waals surface area (Å²) in [6.45, 7) is 1.02. The third kappa shape index (κ3) is 3.52. The predicted octanol–water partition coefficient (Wildman–Crippen LogP) is -0.524. The summed E-state index contributed by atoms with van der Waals surface area (Å²) >= 11 is 2.15. The number of aliphatic carboxylic acids is 2. The predicted molar refractivity (Wildman–Crippen MR) is 85.8 cm³/mol. The monoisotopic (exact) mass is 376 g/mol. The Morgan fingerprint density at radius 2 is 2.04 bits per heavy atom. The van der Waals surface area contributed by atoms with Crippen molar-refractivity contribution in [1.29, 1.82) is 0 Å². The fourth-order valence-corrected chi connectivity index (χ4v) is 5.32. The van der Waals surface area contributed by atoms with Gasteiger partial charge in [-0.3, -0.25) is 14.5 Å². The average Bonchev–Trinajstić information content (AvgIpc) is 2.83. The van der Waals surface area contributed by atoms with Gasteiger partial charge in [0.05, 0.1) is 15.5 Å². The average molecular weight is 376 g/mol. The molecule has 11 heteroatoms. The lowest BCUT2D eigenvalue weighted by atomic mass is 9.94. The number of amides is 2. The van der Waals surface area contributed by atoms with Gasteiger partial charge in [-0.1, -0.05) is 11.8 Å². The van der Waals surface area contributed by atoms with E-state index in [1.54, 1.807) is 0 Å². The van der Waals surface area contributed by atoms with Crippen LogP contribution >= 0.6 is 23.5 Å². The normalized spacial score (nSPS) is 23.6. The van der Waals surface area contributed by atoms with Gasteiger partial charge in [-0.05, 0) is 6.42 Å². The van der Waals surface area contributed by atoms with Gasteiger partial charge in [0, 0.05) is 19.3 Å². The van der Waals surface area contributed by atoms with Gasteiger partial charge in [0.1, 0.15) is 6.04 Å². The molecule has 2 heterocycles. The second-order valence-corrected chi connectivity index (χ2v) is 7.59. The van der Waals surface area contributed by atoms with Crippen molar-refractivity contribution in [3.8, 4) is 0 Å². The lowest BCUT2D eigenvalue weighted by molar-refractivity contribution is -0.152. The highest BCUT2D eigenvalue weighted by atomic mass is 32.2. The summed E-state index contributed by atoms with van der Waals surface area (Å²) in [5, 5.41) is 29.3. The number of aliphatic hydroxyl groups excluding tert-OH is 1. The SMILES string of the molecule is CC(=O)N[C@H](CSC1=C(C(=O)O)N2C(=O)[C@H](CCO)[C@H]2S1)C(=O)O. The first-order valence-corrected chi connectivity index (χ1v) is 8.85. The van der Waals surface area contributed by atoms with Crippen LogP contribution in [-0.4, -0.2) is 67.7 Å². The highest BCUT2D eigenvalue weighted by Crippen LogP contribution is 2.53. The zero-order chi connectivity index (χ0) is 18.0. The van der Waals surface area contributed by atoms with Crippen molar-refractivity contribution in [3.63, 3.8) is 0 Å². The van der Waals surface area contributed by atoms with Crippen molar-refractivity contribution >= 4 is 47.3 Å². The first-order valence-electron chi connectivity index (χ1n) is 6.98. The molecule has 2 amide bonds. The molecule has 0 aromatic heterocycles. The van der Waals surface area contributed by atoms with E-state index < -0.39 is 29.8 Å². The molecule has 0 bridgehead atoms. The lowest BCUT2D eigenvalue weighted by Crippen LogP contribution is -2.57. The Morgan fingerprint density at radius 3 is 2.54 bits per heavy atom. The summed E-state index contributed by atoms with van der Waals surface area (Å²) in [5.41, 5.74) is -0.166. The summed E-state index contributed by atoms with van der Waals surface area (Å²) in [5.74, 6) is -3.86. The Kier molecular flexibility index (Phi) is 5.78. The first-order chi connectivity index (χ1) is 11.3. The molecule has 0 saturated carbocycles. The molecule has 24 heavy (non-hydrogen) atoms. The number of fused-ring (bicyclic) bond motifs is 1. The molecule has 0 unspecified atom stereocenters. The van der Waals surface area contributed by atoms with Gasteiger partial charge in [-0.15, -0.1) is 11.8 Å². The molecule has 2 rings (SSSR count). The van der Waals surface area contributed by atoms with E-state index in [2.05, 4.69) is 5.32 Å². The third-order valence-corrected chi connectivity index (χ3v) is 6.30. The molecule has 0 spiro atoms. The summed E-state index contributed by atoms with van der Waals surface area (Å²) in [6.07, 6.45) is 0.251. The van der Waals surface area contributed by atoms with E-state index in [-0.39, 0.29) is 35.8 Å². The second kappa shape index (κ2) is 7.45. The maximum atomic E-state index is 12.0. The molecule has 2 aliphatic heterocycles. The second-order valence-electron chi connectivity index (χ2n) is 5.18. The van der Waals surface area contributed by atoms with Crippen LogP contribution in [0.2, 0.25) is 0 Å². The quantitative estimate of drug-likeness (QED) is 0.411. The van der Waals surface area contributed by atoms with Crippen LogP contribution in [0.1, 0.15) is 13.3 Å². The molecular weight excluding hydrogens is 360 g/mol. The molecule has 1 saturated heterocycles. The van der Waals surface area contributed by atoms with Gasteiger partial charge >= 0.3 is 11.9 Å². The number of carbonyl (C=O) groups is 4. The molecule has 0 aromatic carbocycles. The molecule has 3 atom stereocenters. The van der Waals surface area contributed by atoms with Gasteiger partial charge in [-0.25, -0.2) is 9.59 Å². The zero-order valence-corrected chi connectivity index (χ0v) is 14.2. The molecular formula is C13H16N2O7S2. The van der Waals surface area contributed by atoms with E-state index in [9.17, 15) is 24.3 Å². The Hall–Kier alpha value is -1.72. The van der Waals surface area contributed by atoms with Crippen molar-refractivity contribution in [3.05, 3.63) is 9.93 Å². The molecule has 1 fully saturated rings. The Labute approximate surface area is 145 Å². The van der Waals surface area contributed by atoms with Gasteiger partial charge < -0.3 is 20.6 Å². The minimum absolute atomic E-state index is 0.0621. The topological polar surface area (TPSA) is 144 Å². The minimum Gasteiger partial charge on any atom is -0.480 e. The molecule has 0 radical (unpaired) electrons. The number of hydrogen-bond acceptors (Lipinski definition) is 7. The number of nitrogens with zero attached hydrogens (tertiary/aromatic N) is 1. The standard InChI is InChI=1S/C13H16N2O7S2/c1-5(17)14-7(11(19)20)4-23-13-8(12(21)22)15-9(18)6(2-3-16)10(15)24-13/h6-7,10,16H,2-4H2,1H3,(H,14,17)(H,19,20)(H,21,22)/t6-,7+,10+/m0/s1. The Bertz CT molecular complexity index is 621. The summed E-state index contributed by atoms with van der Waals surface area (Å²) in [4.78, 5) is 46.8. The summed E-state index contributed by atoms with van der Waals surface area (Å²) in [6, 6.07) is -1.16. The van der Waals surface area contributed by atoms with Crippen molar-refractivity contribution in [2.24, 2.45) is 5.92 Å². The van der Waals surface area contributed by atoms with Crippen molar-refractivity contribution in [2.45, 2.75) is 24.8 Å². The number of rotatable bonds is 8. The molecule has 0 aromatic rings. The van der Waals surface area contributed by atoms with Crippen LogP contribution < -0.4 is 5.32 Å². The molecule has 132 valence electrons. The van der Waals surface area contributed by atoms with Crippen LogP contribution in [-0.2, 0) is 19.2 Å². The van der Waals surface area contributed by atoms with Gasteiger partial charge in [0.2, 0.25) is 11.8 Å². The lowest BCUT2D eigenvalue weighted by Gasteiger charge is -2.41. The number of nitrogens with one attached hydrogen (secondary N) is 1. The number of carboxylic acid groups (broad SMARTS) is 2. The third-order valence-electron chi connectivity index (χ3n) is 3.51. The van der Waals surface area contributed by atoms with Crippen LogP contribution in [0.3, 0.4) is 0 Å². The Balaban J connectivity index is 2.11.